The van der Waals surface area contributed by atoms with Gasteiger partial charge >= 0.3 is 12.4 Å². The maximum atomic E-state index is 13.1. The first-order valence-corrected chi connectivity index (χ1v) is 9.03. The maximum absolute atomic E-state index is 13.1. The number of aromatic nitrogens is 1. The number of rotatable bonds is 3. The number of benzene rings is 2. The largest absolute Gasteiger partial charge is 0.416 e. The first-order chi connectivity index (χ1) is 13.9. The van der Waals surface area contributed by atoms with Gasteiger partial charge in [0.25, 0.3) is 0 Å². The predicted octanol–water partition coefficient (Wildman–Crippen LogP) is 6.98. The summed E-state index contributed by atoms with van der Waals surface area (Å²) in [6, 6.07) is 9.00. The van der Waals surface area contributed by atoms with E-state index in [-0.39, 0.29) is 21.5 Å². The van der Waals surface area contributed by atoms with Gasteiger partial charge in [0.15, 0.2) is 5.11 Å². The van der Waals surface area contributed by atoms with Gasteiger partial charge < -0.3 is 15.2 Å². The Balaban J connectivity index is 1.91. The van der Waals surface area contributed by atoms with Crippen molar-refractivity contribution in [2.45, 2.75) is 12.4 Å². The third-order valence-corrected chi connectivity index (χ3v) is 4.53. The smallest absolute Gasteiger partial charge is 0.331 e. The molecule has 0 bridgehead atoms. The molecule has 0 saturated carbocycles. The number of thiocarbonyl (C=S) groups is 1. The van der Waals surface area contributed by atoms with Gasteiger partial charge in [0.2, 0.25) is 0 Å². The van der Waals surface area contributed by atoms with Crippen LogP contribution in [-0.4, -0.2) is 9.68 Å². The van der Waals surface area contributed by atoms with Crippen LogP contribution in [0.5, 0.6) is 0 Å². The van der Waals surface area contributed by atoms with E-state index in [2.05, 4.69) is 10.6 Å². The number of hydrogen-bond acceptors (Lipinski definition) is 1. The molecular weight excluding hydrogens is 452 g/mol. The summed E-state index contributed by atoms with van der Waals surface area (Å²) < 4.78 is 79.7. The lowest BCUT2D eigenvalue weighted by molar-refractivity contribution is -0.138. The highest BCUT2D eigenvalue weighted by atomic mass is 35.5. The molecule has 158 valence electrons. The highest BCUT2D eigenvalue weighted by molar-refractivity contribution is 7.80. The van der Waals surface area contributed by atoms with E-state index >= 15 is 0 Å². The Morgan fingerprint density at radius 1 is 0.800 bits per heavy atom. The van der Waals surface area contributed by atoms with Crippen molar-refractivity contribution in [2.75, 3.05) is 10.6 Å². The second-order valence-electron chi connectivity index (χ2n) is 6.09. The zero-order chi connectivity index (χ0) is 22.1. The van der Waals surface area contributed by atoms with Crippen LogP contribution in [0.2, 0.25) is 5.02 Å². The molecule has 3 nitrogen and oxygen atoms in total. The Hall–Kier alpha value is -2.72. The fraction of sp³-hybridized carbons (Fsp3) is 0.105. The van der Waals surface area contributed by atoms with Gasteiger partial charge in [-0.2, -0.15) is 26.3 Å². The van der Waals surface area contributed by atoms with Crippen molar-refractivity contribution in [1.82, 2.24) is 4.57 Å². The molecule has 2 aromatic carbocycles. The third kappa shape index (κ3) is 5.06. The monoisotopic (exact) mass is 463 g/mol. The number of hydrogen-bond donors (Lipinski definition) is 2. The van der Waals surface area contributed by atoms with E-state index in [4.69, 9.17) is 23.8 Å². The van der Waals surface area contributed by atoms with E-state index in [1.807, 2.05) is 0 Å². The second kappa shape index (κ2) is 8.19. The Kier molecular flexibility index (Phi) is 6.00. The summed E-state index contributed by atoms with van der Waals surface area (Å²) in [4.78, 5) is 0. The number of anilines is 2. The first-order valence-electron chi connectivity index (χ1n) is 8.24. The summed E-state index contributed by atoms with van der Waals surface area (Å²) in [6.45, 7) is 0. The minimum absolute atomic E-state index is 0.00150. The Labute approximate surface area is 177 Å². The molecule has 0 spiro atoms. The van der Waals surface area contributed by atoms with Crippen LogP contribution < -0.4 is 10.6 Å². The molecule has 0 aliphatic rings. The molecule has 0 fully saturated rings. The quantitative estimate of drug-likeness (QED) is 0.324. The van der Waals surface area contributed by atoms with Crippen LogP contribution in [0.1, 0.15) is 11.1 Å². The summed E-state index contributed by atoms with van der Waals surface area (Å²) in [5.41, 5.74) is -1.66. The summed E-state index contributed by atoms with van der Waals surface area (Å²) in [7, 11) is 0. The van der Waals surface area contributed by atoms with E-state index in [1.165, 1.54) is 6.07 Å². The van der Waals surface area contributed by atoms with Gasteiger partial charge in [-0.25, -0.2) is 0 Å². The van der Waals surface area contributed by atoms with Crippen LogP contribution >= 0.6 is 23.8 Å². The van der Waals surface area contributed by atoms with Crippen LogP contribution in [0, 0.1) is 0 Å². The zero-order valence-corrected chi connectivity index (χ0v) is 16.3. The molecule has 0 unspecified atom stereocenters. The molecule has 1 aromatic heterocycles. The predicted molar refractivity (Wildman–Crippen MR) is 107 cm³/mol. The lowest BCUT2D eigenvalue weighted by Gasteiger charge is -2.18. The molecule has 0 aliphatic heterocycles. The first kappa shape index (κ1) is 22.0. The minimum atomic E-state index is -4.60. The van der Waals surface area contributed by atoms with Gasteiger partial charge in [0.1, 0.15) is 0 Å². The molecule has 0 aliphatic carbocycles. The molecule has 30 heavy (non-hydrogen) atoms. The highest BCUT2D eigenvalue weighted by Crippen LogP contribution is 2.35. The fourth-order valence-corrected chi connectivity index (χ4v) is 2.99. The zero-order valence-electron chi connectivity index (χ0n) is 14.8. The summed E-state index contributed by atoms with van der Waals surface area (Å²) >= 11 is 11.0. The SMILES string of the molecule is FC(F)(F)c1ccc(Cl)c(NC(=S)Nc2cc(C(F)(F)F)ccc2-n2cccc2)c1. The molecule has 2 N–H and O–H groups in total. The van der Waals surface area contributed by atoms with E-state index < -0.39 is 23.5 Å². The minimum Gasteiger partial charge on any atom is -0.331 e. The van der Waals surface area contributed by atoms with Gasteiger partial charge in [-0.05, 0) is 60.7 Å². The fourth-order valence-electron chi connectivity index (χ4n) is 2.61. The van der Waals surface area contributed by atoms with Gasteiger partial charge in [0, 0.05) is 12.4 Å². The molecule has 0 atom stereocenters. The van der Waals surface area contributed by atoms with Crippen molar-refractivity contribution in [3.05, 3.63) is 77.1 Å². The molecule has 1 heterocycles. The molecule has 3 rings (SSSR count). The van der Waals surface area contributed by atoms with Gasteiger partial charge in [-0.3, -0.25) is 0 Å². The van der Waals surface area contributed by atoms with Gasteiger partial charge in [-0.15, -0.1) is 0 Å². The molecule has 0 amide bonds. The van der Waals surface area contributed by atoms with Crippen LogP contribution in [0.25, 0.3) is 5.69 Å². The molecule has 3 aromatic rings. The van der Waals surface area contributed by atoms with Crippen molar-refractivity contribution >= 4 is 40.3 Å². The Morgan fingerprint density at radius 3 is 1.87 bits per heavy atom. The van der Waals surface area contributed by atoms with Gasteiger partial charge in [-0.1, -0.05) is 11.6 Å². The number of alkyl halides is 6. The summed E-state index contributed by atoms with van der Waals surface area (Å²) in [6.07, 6.45) is -5.95. The van der Waals surface area contributed by atoms with Crippen LogP contribution in [0.4, 0.5) is 37.7 Å². The van der Waals surface area contributed by atoms with E-state index in [1.54, 1.807) is 29.1 Å². The van der Waals surface area contributed by atoms with Crippen molar-refractivity contribution in [3.8, 4) is 5.69 Å². The van der Waals surface area contributed by atoms with Crippen molar-refractivity contribution in [3.63, 3.8) is 0 Å². The third-order valence-electron chi connectivity index (χ3n) is 4.00. The lowest BCUT2D eigenvalue weighted by atomic mass is 10.1. The van der Waals surface area contributed by atoms with Crippen molar-refractivity contribution in [2.24, 2.45) is 0 Å². The molecule has 0 saturated heterocycles. The van der Waals surface area contributed by atoms with Gasteiger partial charge in [0.05, 0.1) is 33.2 Å². The topological polar surface area (TPSA) is 29.0 Å². The highest BCUT2D eigenvalue weighted by Gasteiger charge is 2.32. The van der Waals surface area contributed by atoms with Crippen molar-refractivity contribution < 1.29 is 26.3 Å². The number of halogens is 7. The Morgan fingerprint density at radius 2 is 1.30 bits per heavy atom. The Bertz CT molecular complexity index is 1060. The van der Waals surface area contributed by atoms with Crippen LogP contribution in [0.3, 0.4) is 0 Å². The number of nitrogens with one attached hydrogen (secondary N) is 2. The summed E-state index contributed by atoms with van der Waals surface area (Å²) in [5, 5.41) is 4.83. The maximum Gasteiger partial charge on any atom is 0.416 e. The molecular formula is C19H12ClF6N3S. The van der Waals surface area contributed by atoms with Crippen LogP contribution in [0.15, 0.2) is 60.9 Å². The molecule has 11 heteroatoms. The number of nitrogens with zero attached hydrogens (tertiary/aromatic N) is 1. The van der Waals surface area contributed by atoms with Crippen LogP contribution in [-0.2, 0) is 12.4 Å². The molecule has 0 radical (unpaired) electrons. The average Bonchev–Trinajstić information content (AvgIpc) is 3.16. The van der Waals surface area contributed by atoms with E-state index in [0.717, 1.165) is 30.3 Å². The van der Waals surface area contributed by atoms with E-state index in [9.17, 15) is 26.3 Å². The normalized spacial score (nSPS) is 12.0. The standard InChI is InChI=1S/C19H12ClF6N3S/c20-13-5-3-11(18(21,22)23)9-14(13)27-17(30)28-15-10-12(19(24,25)26)4-6-16(15)29-7-1-2-8-29/h1-10H,(H2,27,28,30). The van der Waals surface area contributed by atoms with Crippen molar-refractivity contribution in [1.29, 1.82) is 0 Å². The van der Waals surface area contributed by atoms with E-state index in [0.29, 0.717) is 5.69 Å². The average molecular weight is 464 g/mol. The second-order valence-corrected chi connectivity index (χ2v) is 6.91. The summed E-state index contributed by atoms with van der Waals surface area (Å²) in [5.74, 6) is 0. The lowest BCUT2D eigenvalue weighted by Crippen LogP contribution is -2.21.